The summed E-state index contributed by atoms with van der Waals surface area (Å²) in [5.41, 5.74) is 6.15. The van der Waals surface area contributed by atoms with Crippen molar-refractivity contribution in [2.75, 3.05) is 20.0 Å². The Hall–Kier alpha value is -3.35. The highest BCUT2D eigenvalue weighted by atomic mass is 35.5. The first kappa shape index (κ1) is 26.7. The third-order valence-electron chi connectivity index (χ3n) is 5.03. The van der Waals surface area contributed by atoms with Crippen molar-refractivity contribution in [2.45, 2.75) is 4.90 Å². The van der Waals surface area contributed by atoms with Gasteiger partial charge in [-0.3, -0.25) is 4.99 Å². The summed E-state index contributed by atoms with van der Waals surface area (Å²) in [6.45, 7) is 0. The Labute approximate surface area is 224 Å². The molecule has 4 rings (SSSR count). The van der Waals surface area contributed by atoms with Gasteiger partial charge >= 0.3 is 0 Å². The smallest absolute Gasteiger partial charge is 0.224 e. The molecule has 37 heavy (non-hydrogen) atoms. The molecule has 0 aliphatic carbocycles. The Bertz CT molecular complexity index is 1420. The van der Waals surface area contributed by atoms with Gasteiger partial charge in [-0.2, -0.15) is 13.8 Å². The second-order valence-corrected chi connectivity index (χ2v) is 9.58. The number of hydrogen-bond donors (Lipinski definition) is 2. The fourth-order valence-corrected chi connectivity index (χ4v) is 5.14. The Morgan fingerprint density at radius 1 is 1.22 bits per heavy atom. The summed E-state index contributed by atoms with van der Waals surface area (Å²) >= 11 is 9.14. The van der Waals surface area contributed by atoms with Gasteiger partial charge in [0.2, 0.25) is 11.9 Å². The molecule has 0 amide bonds. The number of nitrogens with one attached hydrogen (secondary N) is 1. The molecule has 0 bridgehead atoms. The van der Waals surface area contributed by atoms with Crippen LogP contribution >= 0.6 is 35.3 Å². The molecule has 1 aliphatic rings. The van der Waals surface area contributed by atoms with Gasteiger partial charge in [-0.1, -0.05) is 11.6 Å². The average molecular weight is 565 g/mol. The number of thioether (sulfide) groups is 1. The molecule has 7 nitrogen and oxygen atoms in total. The fourth-order valence-electron chi connectivity index (χ4n) is 3.20. The minimum absolute atomic E-state index is 0.0271. The van der Waals surface area contributed by atoms with Gasteiger partial charge in [0.25, 0.3) is 0 Å². The molecule has 0 spiro atoms. The Kier molecular flexibility index (Phi) is 8.52. The van der Waals surface area contributed by atoms with Crippen LogP contribution < -0.4 is 15.2 Å². The molecule has 0 unspecified atom stereocenters. The summed E-state index contributed by atoms with van der Waals surface area (Å²) in [6, 6.07) is 7.81. The zero-order chi connectivity index (χ0) is 26.5. The number of rotatable bonds is 8. The molecule has 3 N–H and O–H groups in total. The van der Waals surface area contributed by atoms with Gasteiger partial charge in [-0.05, 0) is 54.6 Å². The number of pyridine rings is 2. The maximum atomic E-state index is 14.9. The summed E-state index contributed by atoms with van der Waals surface area (Å²) in [7, 11) is 3.43. The van der Waals surface area contributed by atoms with Crippen molar-refractivity contribution in [3.63, 3.8) is 0 Å². The van der Waals surface area contributed by atoms with Gasteiger partial charge in [0.15, 0.2) is 5.75 Å². The number of ether oxygens (including phenoxy) is 1. The van der Waals surface area contributed by atoms with Crippen LogP contribution in [0, 0.1) is 17.7 Å². The van der Waals surface area contributed by atoms with E-state index in [2.05, 4.69) is 19.7 Å². The Balaban J connectivity index is 1.66. The van der Waals surface area contributed by atoms with Gasteiger partial charge in [0.05, 0.1) is 32.8 Å². The van der Waals surface area contributed by atoms with E-state index in [0.29, 0.717) is 5.71 Å². The van der Waals surface area contributed by atoms with Gasteiger partial charge in [0.1, 0.15) is 23.1 Å². The molecule has 3 heterocycles. The first-order valence-corrected chi connectivity index (χ1v) is 12.9. The number of nitrogens with two attached hydrogens (primary N) is 1. The molecule has 2 aromatic heterocycles. The largest absolute Gasteiger partial charge is 0.453 e. The van der Waals surface area contributed by atoms with Crippen LogP contribution in [0.4, 0.5) is 13.2 Å². The third-order valence-corrected chi connectivity index (χ3v) is 7.10. The number of nitrogens with zero attached hydrogens (tertiary/aromatic N) is 4. The van der Waals surface area contributed by atoms with E-state index >= 15 is 0 Å². The molecular weight excluding hydrogens is 545 g/mol. The van der Waals surface area contributed by atoms with Crippen LogP contribution in [0.3, 0.4) is 0 Å². The lowest BCUT2D eigenvalue weighted by Crippen LogP contribution is -2.20. The quantitative estimate of drug-likeness (QED) is 0.198. The number of aliphatic imine (C=N–C) groups is 1. The van der Waals surface area contributed by atoms with Crippen LogP contribution in [0.5, 0.6) is 11.5 Å². The van der Waals surface area contributed by atoms with E-state index in [1.54, 1.807) is 11.8 Å². The Morgan fingerprint density at radius 3 is 2.70 bits per heavy atom. The predicted octanol–water partition coefficient (Wildman–Crippen LogP) is 5.93. The molecule has 1 aromatic carbocycles. The van der Waals surface area contributed by atoms with Crippen molar-refractivity contribution < 1.29 is 17.9 Å². The van der Waals surface area contributed by atoms with Crippen LogP contribution in [0.25, 0.3) is 11.3 Å². The van der Waals surface area contributed by atoms with Crippen molar-refractivity contribution in [2.24, 2.45) is 10.7 Å². The molecule has 0 saturated heterocycles. The van der Waals surface area contributed by atoms with E-state index in [9.17, 15) is 13.2 Å². The SMILES string of the molecule is CN=C(C=CN)c1nc(-c2ccc(F)nc2F)ccc1Oc1cc(F)c(SNC2=CSCN2C)cc1Cl. The van der Waals surface area contributed by atoms with Crippen molar-refractivity contribution in [3.8, 4) is 22.8 Å². The number of aromatic nitrogens is 2. The van der Waals surface area contributed by atoms with Gasteiger partial charge in [-0.25, -0.2) is 9.37 Å². The van der Waals surface area contributed by atoms with Gasteiger partial charge in [0, 0.05) is 25.6 Å². The topological polar surface area (TPSA) is 88.7 Å². The molecule has 0 saturated carbocycles. The lowest BCUT2D eigenvalue weighted by molar-refractivity contribution is 0.471. The van der Waals surface area contributed by atoms with Crippen LogP contribution in [0.1, 0.15) is 5.69 Å². The maximum absolute atomic E-state index is 14.9. The average Bonchev–Trinajstić information content (AvgIpc) is 3.28. The normalized spacial score (nSPS) is 13.8. The minimum Gasteiger partial charge on any atom is -0.453 e. The molecule has 3 aromatic rings. The van der Waals surface area contributed by atoms with Gasteiger partial charge in [-0.15, -0.1) is 11.8 Å². The standard InChI is InChI=1S/C24H20ClF3N6OS2/c1-30-17(7-8-29)23-18(5-4-16(31-23)13-3-6-21(27)32-24(13)28)35-19-10-15(26)20(9-14(19)25)37-33-22-11-36-12-34(22)2/h3-11,33H,12,29H2,1-2H3. The number of halogens is 4. The lowest BCUT2D eigenvalue weighted by Gasteiger charge is -2.17. The van der Waals surface area contributed by atoms with E-state index in [0.717, 1.165) is 35.8 Å². The van der Waals surface area contributed by atoms with Crippen molar-refractivity contribution in [1.82, 2.24) is 19.6 Å². The zero-order valence-electron chi connectivity index (χ0n) is 19.5. The highest BCUT2D eigenvalue weighted by Gasteiger charge is 2.19. The first-order chi connectivity index (χ1) is 17.8. The minimum atomic E-state index is -1.03. The number of allylic oxidation sites excluding steroid dienone is 1. The summed E-state index contributed by atoms with van der Waals surface area (Å²) in [6.07, 6.45) is 2.72. The molecule has 192 valence electrons. The highest BCUT2D eigenvalue weighted by molar-refractivity contribution is 8.02. The second kappa shape index (κ2) is 11.8. The van der Waals surface area contributed by atoms with Gasteiger partial charge < -0.3 is 20.1 Å². The molecular formula is C24H20ClF3N6OS2. The summed E-state index contributed by atoms with van der Waals surface area (Å²) in [4.78, 5) is 14.1. The molecule has 0 radical (unpaired) electrons. The second-order valence-electron chi connectivity index (χ2n) is 7.50. The summed E-state index contributed by atoms with van der Waals surface area (Å²) < 4.78 is 51.5. The van der Waals surface area contributed by atoms with E-state index in [-0.39, 0.29) is 38.4 Å². The van der Waals surface area contributed by atoms with E-state index in [4.69, 9.17) is 22.1 Å². The lowest BCUT2D eigenvalue weighted by atomic mass is 10.1. The monoisotopic (exact) mass is 564 g/mol. The molecule has 0 atom stereocenters. The van der Waals surface area contributed by atoms with E-state index in [1.807, 2.05) is 17.4 Å². The fraction of sp³-hybridized carbons (Fsp3) is 0.125. The number of hydrogen-bond acceptors (Lipinski definition) is 9. The summed E-state index contributed by atoms with van der Waals surface area (Å²) in [5.74, 6) is -0.678. The highest BCUT2D eigenvalue weighted by Crippen LogP contribution is 2.37. The van der Waals surface area contributed by atoms with Crippen molar-refractivity contribution in [1.29, 1.82) is 0 Å². The molecule has 1 aliphatic heterocycles. The van der Waals surface area contributed by atoms with E-state index < -0.39 is 17.7 Å². The van der Waals surface area contributed by atoms with Crippen LogP contribution in [-0.4, -0.2) is 40.6 Å². The molecule has 0 fully saturated rings. The predicted molar refractivity (Wildman–Crippen MR) is 142 cm³/mol. The van der Waals surface area contributed by atoms with Crippen LogP contribution in [0.15, 0.2) is 69.8 Å². The number of benzene rings is 1. The van der Waals surface area contributed by atoms with Crippen LogP contribution in [0.2, 0.25) is 5.02 Å². The third kappa shape index (κ3) is 6.14. The Morgan fingerprint density at radius 2 is 2.03 bits per heavy atom. The first-order valence-electron chi connectivity index (χ1n) is 10.6. The maximum Gasteiger partial charge on any atom is 0.224 e. The van der Waals surface area contributed by atoms with Crippen molar-refractivity contribution >= 4 is 41.0 Å². The van der Waals surface area contributed by atoms with Crippen LogP contribution in [-0.2, 0) is 0 Å². The van der Waals surface area contributed by atoms with E-state index in [1.165, 1.54) is 43.6 Å². The molecule has 13 heteroatoms. The van der Waals surface area contributed by atoms with Crippen molar-refractivity contribution in [3.05, 3.63) is 88.3 Å². The zero-order valence-corrected chi connectivity index (χ0v) is 21.9. The summed E-state index contributed by atoms with van der Waals surface area (Å²) in [5, 5.41) is 2.10.